The van der Waals surface area contributed by atoms with E-state index in [1.165, 1.54) is 14.2 Å². The van der Waals surface area contributed by atoms with Crippen molar-refractivity contribution >= 4 is 66.1 Å². The van der Waals surface area contributed by atoms with Gasteiger partial charge in [0.1, 0.15) is 0 Å². The van der Waals surface area contributed by atoms with Gasteiger partial charge in [0.05, 0.1) is 25.3 Å². The highest BCUT2D eigenvalue weighted by Gasteiger charge is 2.21. The first-order valence-corrected chi connectivity index (χ1v) is 12.0. The second-order valence-corrected chi connectivity index (χ2v) is 9.81. The predicted molar refractivity (Wildman–Crippen MR) is 129 cm³/mol. The number of thiophene rings is 3. The normalized spacial score (nSPS) is 11.2. The van der Waals surface area contributed by atoms with Crippen molar-refractivity contribution < 1.29 is 19.1 Å². The fraction of sp³-hybridized carbons (Fsp3) is 0.0833. The molecule has 0 saturated carbocycles. The van der Waals surface area contributed by atoms with Crippen LogP contribution in [0, 0.1) is 0 Å². The van der Waals surface area contributed by atoms with Gasteiger partial charge < -0.3 is 9.47 Å². The van der Waals surface area contributed by atoms with E-state index in [1.54, 1.807) is 34.0 Å². The highest BCUT2D eigenvalue weighted by atomic mass is 32.1. The van der Waals surface area contributed by atoms with Crippen LogP contribution in [-0.2, 0) is 9.47 Å². The maximum absolute atomic E-state index is 12.6. The van der Waals surface area contributed by atoms with E-state index in [2.05, 4.69) is 0 Å². The lowest BCUT2D eigenvalue weighted by molar-refractivity contribution is 0.0593. The van der Waals surface area contributed by atoms with Gasteiger partial charge in [-0.3, -0.25) is 0 Å². The van der Waals surface area contributed by atoms with Crippen molar-refractivity contribution in [2.24, 2.45) is 0 Å². The van der Waals surface area contributed by atoms with Gasteiger partial charge in [-0.25, -0.2) is 9.59 Å². The van der Waals surface area contributed by atoms with Crippen molar-refractivity contribution in [3.8, 4) is 20.9 Å². The topological polar surface area (TPSA) is 52.6 Å². The number of carbonyl (C=O) groups is 2. The Kier molecular flexibility index (Phi) is 5.09. The summed E-state index contributed by atoms with van der Waals surface area (Å²) in [7, 11) is 2.78. The first kappa shape index (κ1) is 19.9. The maximum atomic E-state index is 12.6. The molecule has 7 heteroatoms. The Labute approximate surface area is 190 Å². The molecule has 0 aliphatic carbocycles. The summed E-state index contributed by atoms with van der Waals surface area (Å²) < 4.78 is 12.2. The fourth-order valence-electron chi connectivity index (χ4n) is 3.70. The number of methoxy groups -OCH3 is 2. The lowest BCUT2D eigenvalue weighted by atomic mass is 9.99. The number of fused-ring (bicyclic) bond motifs is 3. The summed E-state index contributed by atoms with van der Waals surface area (Å²) in [6.07, 6.45) is 0. The molecule has 4 nitrogen and oxygen atoms in total. The Hall–Kier alpha value is -3.00. The van der Waals surface area contributed by atoms with Gasteiger partial charge in [-0.2, -0.15) is 0 Å². The first-order chi connectivity index (χ1) is 15.1. The molecule has 0 atom stereocenters. The summed E-state index contributed by atoms with van der Waals surface area (Å²) in [5.74, 6) is -0.763. The Balaban J connectivity index is 1.83. The Morgan fingerprint density at radius 1 is 0.710 bits per heavy atom. The van der Waals surface area contributed by atoms with Crippen molar-refractivity contribution in [1.29, 1.82) is 0 Å². The van der Waals surface area contributed by atoms with E-state index < -0.39 is 0 Å². The standard InChI is InChI=1S/C24H16O4S3/c1-27-23(25)17-9-13-14-10-18(24(26)28-2)16(20-6-4-8-30-20)12-22(14)31-21(13)11-15(17)19-5-3-7-29-19/h3-12H,1-2H3. The maximum Gasteiger partial charge on any atom is 0.338 e. The zero-order valence-electron chi connectivity index (χ0n) is 16.6. The highest BCUT2D eigenvalue weighted by molar-refractivity contribution is 7.26. The third kappa shape index (κ3) is 3.35. The van der Waals surface area contributed by atoms with Crippen molar-refractivity contribution in [3.63, 3.8) is 0 Å². The number of rotatable bonds is 4. The second kappa shape index (κ2) is 7.92. The summed E-state index contributed by atoms with van der Waals surface area (Å²) in [5, 5.41) is 5.82. The Morgan fingerprint density at radius 3 is 1.52 bits per heavy atom. The molecule has 0 saturated heterocycles. The molecule has 0 aliphatic heterocycles. The van der Waals surface area contributed by atoms with Gasteiger partial charge in [0.15, 0.2) is 0 Å². The molecule has 0 bridgehead atoms. The molecule has 0 aliphatic rings. The van der Waals surface area contributed by atoms with Crippen molar-refractivity contribution in [2.75, 3.05) is 14.2 Å². The van der Waals surface area contributed by atoms with E-state index in [1.807, 2.05) is 59.3 Å². The van der Waals surface area contributed by atoms with Crippen LogP contribution >= 0.6 is 34.0 Å². The van der Waals surface area contributed by atoms with E-state index in [-0.39, 0.29) is 11.9 Å². The van der Waals surface area contributed by atoms with Crippen LogP contribution in [0.5, 0.6) is 0 Å². The molecule has 0 radical (unpaired) electrons. The van der Waals surface area contributed by atoms with Crippen LogP contribution in [0.4, 0.5) is 0 Å². The molecule has 2 aromatic carbocycles. The number of benzene rings is 2. The van der Waals surface area contributed by atoms with Gasteiger partial charge in [-0.05, 0) is 47.2 Å². The molecule has 154 valence electrons. The largest absolute Gasteiger partial charge is 0.465 e. The summed E-state index contributed by atoms with van der Waals surface area (Å²) >= 11 is 4.81. The minimum absolute atomic E-state index is 0.381. The van der Waals surface area contributed by atoms with E-state index in [0.29, 0.717) is 11.1 Å². The Bertz CT molecular complexity index is 1320. The number of hydrogen-bond donors (Lipinski definition) is 0. The van der Waals surface area contributed by atoms with Crippen LogP contribution in [0.2, 0.25) is 0 Å². The second-order valence-electron chi connectivity index (χ2n) is 6.83. The smallest absolute Gasteiger partial charge is 0.338 e. The highest BCUT2D eigenvalue weighted by Crippen LogP contribution is 2.42. The summed E-state index contributed by atoms with van der Waals surface area (Å²) in [6.45, 7) is 0. The lowest BCUT2D eigenvalue weighted by Crippen LogP contribution is -2.03. The molecule has 0 fully saturated rings. The van der Waals surface area contributed by atoms with Crippen LogP contribution in [0.15, 0.2) is 59.3 Å². The van der Waals surface area contributed by atoms with Gasteiger partial charge in [-0.15, -0.1) is 34.0 Å². The van der Waals surface area contributed by atoms with Crippen molar-refractivity contribution in [2.45, 2.75) is 0 Å². The summed E-state index contributed by atoms with van der Waals surface area (Å²) in [5.41, 5.74) is 2.73. The zero-order chi connectivity index (χ0) is 21.5. The molecule has 3 aromatic heterocycles. The van der Waals surface area contributed by atoms with Gasteiger partial charge in [-0.1, -0.05) is 12.1 Å². The van der Waals surface area contributed by atoms with E-state index in [4.69, 9.17) is 9.47 Å². The minimum atomic E-state index is -0.381. The molecule has 0 N–H and O–H groups in total. The number of carbonyl (C=O) groups excluding carboxylic acids is 2. The molecule has 0 unspecified atom stereocenters. The molecule has 0 amide bonds. The van der Waals surface area contributed by atoms with Gasteiger partial charge >= 0.3 is 11.9 Å². The SMILES string of the molecule is COC(=O)c1cc2c(cc1-c1cccs1)sc1cc(-c3cccs3)c(C(=O)OC)cc12. The molecule has 31 heavy (non-hydrogen) atoms. The molecule has 0 spiro atoms. The minimum Gasteiger partial charge on any atom is -0.465 e. The first-order valence-electron chi connectivity index (χ1n) is 9.39. The Morgan fingerprint density at radius 2 is 1.16 bits per heavy atom. The van der Waals surface area contributed by atoms with Crippen molar-refractivity contribution in [1.82, 2.24) is 0 Å². The average Bonchev–Trinajstić information content (AvgIpc) is 3.56. The molecule has 5 aromatic rings. The molecule has 5 rings (SSSR count). The van der Waals surface area contributed by atoms with Gasteiger partial charge in [0.25, 0.3) is 0 Å². The molecule has 3 heterocycles. The number of hydrogen-bond acceptors (Lipinski definition) is 7. The molecular weight excluding hydrogens is 448 g/mol. The summed E-state index contributed by atoms with van der Waals surface area (Å²) in [4.78, 5) is 27.2. The van der Waals surface area contributed by atoms with E-state index in [9.17, 15) is 9.59 Å². The third-order valence-electron chi connectivity index (χ3n) is 5.13. The van der Waals surface area contributed by atoms with Crippen molar-refractivity contribution in [3.05, 3.63) is 70.4 Å². The average molecular weight is 465 g/mol. The zero-order valence-corrected chi connectivity index (χ0v) is 19.1. The van der Waals surface area contributed by atoms with Crippen LogP contribution in [-0.4, -0.2) is 26.2 Å². The van der Waals surface area contributed by atoms with E-state index >= 15 is 0 Å². The molecular formula is C24H16O4S3. The number of ether oxygens (including phenoxy) is 2. The van der Waals surface area contributed by atoms with Gasteiger partial charge in [0, 0.05) is 41.1 Å². The van der Waals surface area contributed by atoms with E-state index in [0.717, 1.165) is 41.1 Å². The van der Waals surface area contributed by atoms with Gasteiger partial charge in [0.2, 0.25) is 0 Å². The predicted octanol–water partition coefficient (Wildman–Crippen LogP) is 7.08. The van der Waals surface area contributed by atoms with Crippen LogP contribution in [0.25, 0.3) is 41.1 Å². The van der Waals surface area contributed by atoms with Crippen LogP contribution in [0.3, 0.4) is 0 Å². The third-order valence-corrected chi connectivity index (χ3v) is 8.06. The number of esters is 2. The monoisotopic (exact) mass is 464 g/mol. The fourth-order valence-corrected chi connectivity index (χ4v) is 6.36. The summed E-state index contributed by atoms with van der Waals surface area (Å²) in [6, 6.07) is 15.8. The van der Waals surface area contributed by atoms with Crippen LogP contribution in [0.1, 0.15) is 20.7 Å². The quantitative estimate of drug-likeness (QED) is 0.267. The van der Waals surface area contributed by atoms with Crippen LogP contribution < -0.4 is 0 Å². The lowest BCUT2D eigenvalue weighted by Gasteiger charge is -2.08.